The maximum Gasteiger partial charge on any atom is 0.209 e. The normalized spacial score (nSPS) is 16.4. The molecule has 5 nitrogen and oxygen atoms in total. The fourth-order valence-corrected chi connectivity index (χ4v) is 1.95. The van der Waals surface area contributed by atoms with Gasteiger partial charge in [0, 0.05) is 19.7 Å². The molecule has 0 amide bonds. The molecule has 0 unspecified atom stereocenters. The van der Waals surface area contributed by atoms with Crippen molar-refractivity contribution < 1.29 is 4.74 Å². The largest absolute Gasteiger partial charge is 0.383 e. The van der Waals surface area contributed by atoms with Gasteiger partial charge in [-0.15, -0.1) is 0 Å². The first-order valence-electron chi connectivity index (χ1n) is 6.56. The topological polar surface area (TPSA) is 62.9 Å². The Morgan fingerprint density at radius 3 is 2.53 bits per heavy atom. The molecule has 1 saturated carbocycles. The average Bonchev–Trinajstić information content (AvgIpc) is 3.16. The smallest absolute Gasteiger partial charge is 0.209 e. The van der Waals surface area contributed by atoms with Gasteiger partial charge in [-0.2, -0.15) is 0 Å². The zero-order chi connectivity index (χ0) is 12.7. The van der Waals surface area contributed by atoms with Crippen LogP contribution < -0.4 is 11.3 Å². The van der Waals surface area contributed by atoms with Crippen LogP contribution in [0, 0.1) is 0 Å². The van der Waals surface area contributed by atoms with E-state index in [9.17, 15) is 0 Å². The summed E-state index contributed by atoms with van der Waals surface area (Å²) in [6, 6.07) is 0.944. The molecule has 0 bridgehead atoms. The Labute approximate surface area is 104 Å². The number of hydrazine groups is 1. The molecule has 3 N–H and O–H groups in total. The molecule has 1 aliphatic rings. The number of nitrogens with two attached hydrogens (primary N) is 1. The molecule has 1 aliphatic carbocycles. The van der Waals surface area contributed by atoms with E-state index in [1.54, 1.807) is 7.11 Å². The van der Waals surface area contributed by atoms with Gasteiger partial charge in [-0.1, -0.05) is 13.8 Å². The van der Waals surface area contributed by atoms with E-state index in [0.717, 1.165) is 25.3 Å². The molecular weight excluding hydrogens is 216 g/mol. The molecule has 0 radical (unpaired) electrons. The highest BCUT2D eigenvalue weighted by atomic mass is 16.5. The van der Waals surface area contributed by atoms with Crippen molar-refractivity contribution in [3.63, 3.8) is 0 Å². The number of aliphatic imine (C=N–C) groups is 1. The first-order chi connectivity index (χ1) is 8.26. The standard InChI is InChI=1S/C12H26N4O/c1-4-11(5-2)16(8-9-17-3)12(15-13)14-10-6-7-10/h10-11H,4-9,13H2,1-3H3,(H,14,15). The third-order valence-electron chi connectivity index (χ3n) is 3.17. The Kier molecular flexibility index (Phi) is 6.29. The predicted molar refractivity (Wildman–Crippen MR) is 70.7 cm³/mol. The molecule has 1 rings (SSSR count). The third-order valence-corrected chi connectivity index (χ3v) is 3.17. The van der Waals surface area contributed by atoms with Crippen molar-refractivity contribution in [1.29, 1.82) is 0 Å². The summed E-state index contributed by atoms with van der Waals surface area (Å²) in [6.45, 7) is 5.92. The van der Waals surface area contributed by atoms with Crippen molar-refractivity contribution in [2.75, 3.05) is 20.3 Å². The number of hydrogen-bond donors (Lipinski definition) is 2. The number of guanidine groups is 1. The minimum Gasteiger partial charge on any atom is -0.383 e. The zero-order valence-corrected chi connectivity index (χ0v) is 11.3. The maximum atomic E-state index is 5.61. The molecule has 17 heavy (non-hydrogen) atoms. The van der Waals surface area contributed by atoms with Gasteiger partial charge in [0.1, 0.15) is 0 Å². The molecule has 0 heterocycles. The van der Waals surface area contributed by atoms with Gasteiger partial charge >= 0.3 is 0 Å². The van der Waals surface area contributed by atoms with E-state index in [4.69, 9.17) is 10.6 Å². The molecule has 0 aromatic rings. The minimum atomic E-state index is 0.471. The fourth-order valence-electron chi connectivity index (χ4n) is 1.95. The van der Waals surface area contributed by atoms with Crippen molar-refractivity contribution in [2.24, 2.45) is 10.8 Å². The van der Waals surface area contributed by atoms with E-state index in [-0.39, 0.29) is 0 Å². The minimum absolute atomic E-state index is 0.471. The van der Waals surface area contributed by atoms with Gasteiger partial charge in [-0.05, 0) is 25.7 Å². The number of nitrogens with zero attached hydrogens (tertiary/aromatic N) is 2. The summed E-state index contributed by atoms with van der Waals surface area (Å²) in [5, 5.41) is 0. The first-order valence-corrected chi connectivity index (χ1v) is 6.56. The molecule has 0 aliphatic heterocycles. The van der Waals surface area contributed by atoms with Gasteiger partial charge in [0.05, 0.1) is 12.6 Å². The monoisotopic (exact) mass is 242 g/mol. The van der Waals surface area contributed by atoms with Gasteiger partial charge in [-0.3, -0.25) is 5.43 Å². The summed E-state index contributed by atoms with van der Waals surface area (Å²) in [7, 11) is 1.72. The molecule has 0 atom stereocenters. The lowest BCUT2D eigenvalue weighted by Crippen LogP contribution is -2.50. The molecule has 0 aromatic carbocycles. The van der Waals surface area contributed by atoms with Gasteiger partial charge in [0.2, 0.25) is 5.96 Å². The molecule has 5 heteroatoms. The SMILES string of the molecule is CCC(CC)N(CCOC)C(=NC1CC1)NN. The number of hydrogen-bond acceptors (Lipinski definition) is 3. The number of ether oxygens (including phenoxy) is 1. The zero-order valence-electron chi connectivity index (χ0n) is 11.3. The van der Waals surface area contributed by atoms with E-state index in [1.165, 1.54) is 12.8 Å². The first kappa shape index (κ1) is 14.3. The van der Waals surface area contributed by atoms with Crippen LogP contribution >= 0.6 is 0 Å². The molecule has 100 valence electrons. The average molecular weight is 242 g/mol. The Morgan fingerprint density at radius 2 is 2.12 bits per heavy atom. The van der Waals surface area contributed by atoms with Crippen molar-refractivity contribution in [3.8, 4) is 0 Å². The lowest BCUT2D eigenvalue weighted by atomic mass is 10.1. The lowest BCUT2D eigenvalue weighted by Gasteiger charge is -2.32. The Bertz CT molecular complexity index is 237. The van der Waals surface area contributed by atoms with E-state index in [0.29, 0.717) is 18.7 Å². The Morgan fingerprint density at radius 1 is 1.47 bits per heavy atom. The molecule has 1 fully saturated rings. The van der Waals surface area contributed by atoms with Crippen LogP contribution in [0.25, 0.3) is 0 Å². The van der Waals surface area contributed by atoms with Crippen LogP contribution in [0.3, 0.4) is 0 Å². The highest BCUT2D eigenvalue weighted by Crippen LogP contribution is 2.24. The maximum absolute atomic E-state index is 5.61. The van der Waals surface area contributed by atoms with Gasteiger partial charge in [-0.25, -0.2) is 10.8 Å². The number of rotatable bonds is 7. The van der Waals surface area contributed by atoms with Crippen LogP contribution in [0.5, 0.6) is 0 Å². The third kappa shape index (κ3) is 4.52. The predicted octanol–water partition coefficient (Wildman–Crippen LogP) is 1.11. The highest BCUT2D eigenvalue weighted by molar-refractivity contribution is 5.80. The summed E-state index contributed by atoms with van der Waals surface area (Å²) in [5.41, 5.74) is 2.75. The van der Waals surface area contributed by atoms with Crippen LogP contribution in [0.15, 0.2) is 4.99 Å². The van der Waals surface area contributed by atoms with Gasteiger partial charge in [0.15, 0.2) is 0 Å². The molecule has 0 saturated heterocycles. The lowest BCUT2D eigenvalue weighted by molar-refractivity contribution is 0.156. The van der Waals surface area contributed by atoms with Crippen LogP contribution in [0.4, 0.5) is 0 Å². The van der Waals surface area contributed by atoms with Crippen LogP contribution in [0.2, 0.25) is 0 Å². The second-order valence-electron chi connectivity index (χ2n) is 4.48. The van der Waals surface area contributed by atoms with Gasteiger partial charge in [0.25, 0.3) is 0 Å². The van der Waals surface area contributed by atoms with Gasteiger partial charge < -0.3 is 9.64 Å². The summed E-state index contributed by atoms with van der Waals surface area (Å²) in [4.78, 5) is 6.87. The van der Waals surface area contributed by atoms with Crippen LogP contribution in [-0.4, -0.2) is 43.2 Å². The highest BCUT2D eigenvalue weighted by Gasteiger charge is 2.24. The second-order valence-corrected chi connectivity index (χ2v) is 4.48. The summed E-state index contributed by atoms with van der Waals surface area (Å²) in [6.07, 6.45) is 4.55. The number of nitrogens with one attached hydrogen (secondary N) is 1. The summed E-state index contributed by atoms with van der Waals surface area (Å²) in [5.74, 6) is 6.42. The molecule has 0 aromatic heterocycles. The van der Waals surface area contributed by atoms with Crippen molar-refractivity contribution in [1.82, 2.24) is 10.3 Å². The Balaban J connectivity index is 2.69. The molecule has 0 spiro atoms. The van der Waals surface area contributed by atoms with Crippen molar-refractivity contribution in [2.45, 2.75) is 51.6 Å². The van der Waals surface area contributed by atoms with Crippen molar-refractivity contribution >= 4 is 5.96 Å². The second kappa shape index (κ2) is 7.50. The fraction of sp³-hybridized carbons (Fsp3) is 0.917. The number of methoxy groups -OCH3 is 1. The van der Waals surface area contributed by atoms with E-state index in [1.807, 2.05) is 0 Å². The molecular formula is C12H26N4O. The van der Waals surface area contributed by atoms with Crippen molar-refractivity contribution in [3.05, 3.63) is 0 Å². The Hall–Kier alpha value is -0.810. The van der Waals surface area contributed by atoms with Crippen LogP contribution in [-0.2, 0) is 4.74 Å². The summed E-state index contributed by atoms with van der Waals surface area (Å²) < 4.78 is 5.16. The van der Waals surface area contributed by atoms with E-state index in [2.05, 4.69) is 29.2 Å². The van der Waals surface area contributed by atoms with E-state index < -0.39 is 0 Å². The quantitative estimate of drug-likeness (QED) is 0.304. The van der Waals surface area contributed by atoms with Crippen LogP contribution in [0.1, 0.15) is 39.5 Å². The summed E-state index contributed by atoms with van der Waals surface area (Å²) >= 11 is 0. The van der Waals surface area contributed by atoms with E-state index >= 15 is 0 Å².